The standard InChI is InChI=1S/C25H38N6O6/c1-25(2,3)37-24(35)29-15-20(32)31-14-8-12-19(31)21(33)30-18(11-7-13-28-23(26)27)22(34)36-16-17-9-5-4-6-10-17/h4-6,9-10,18-19H,7-8,11-16H2,1-3H3,(H,29,35)(H,30,33)(H4,26,27,28)/t18-,19-/m0/s1. The number of rotatable bonds is 11. The minimum Gasteiger partial charge on any atom is -0.459 e. The van der Waals surface area contributed by atoms with E-state index < -0.39 is 41.6 Å². The number of esters is 1. The second-order valence-electron chi connectivity index (χ2n) is 9.70. The van der Waals surface area contributed by atoms with Crippen LogP contribution in [0.15, 0.2) is 35.3 Å². The number of likely N-dealkylation sites (tertiary alicyclic amines) is 1. The van der Waals surface area contributed by atoms with Gasteiger partial charge in [0.25, 0.3) is 0 Å². The van der Waals surface area contributed by atoms with E-state index in [1.54, 1.807) is 20.8 Å². The van der Waals surface area contributed by atoms with Gasteiger partial charge in [-0.05, 0) is 52.0 Å². The highest BCUT2D eigenvalue weighted by atomic mass is 16.6. The van der Waals surface area contributed by atoms with Gasteiger partial charge in [-0.2, -0.15) is 0 Å². The maximum atomic E-state index is 13.1. The van der Waals surface area contributed by atoms with Gasteiger partial charge in [-0.1, -0.05) is 30.3 Å². The van der Waals surface area contributed by atoms with Crippen LogP contribution >= 0.6 is 0 Å². The van der Waals surface area contributed by atoms with E-state index in [0.717, 1.165) is 5.56 Å². The summed E-state index contributed by atoms with van der Waals surface area (Å²) >= 11 is 0. The average molecular weight is 519 g/mol. The lowest BCUT2D eigenvalue weighted by molar-refractivity contribution is -0.150. The number of amides is 3. The molecule has 204 valence electrons. The van der Waals surface area contributed by atoms with Crippen LogP contribution in [0.3, 0.4) is 0 Å². The third-order valence-corrected chi connectivity index (χ3v) is 5.43. The number of guanidine groups is 1. The monoisotopic (exact) mass is 518 g/mol. The van der Waals surface area contributed by atoms with Gasteiger partial charge in [0.1, 0.15) is 30.8 Å². The maximum Gasteiger partial charge on any atom is 0.408 e. The van der Waals surface area contributed by atoms with E-state index in [1.807, 2.05) is 30.3 Å². The minimum atomic E-state index is -0.942. The molecule has 12 heteroatoms. The summed E-state index contributed by atoms with van der Waals surface area (Å²) in [4.78, 5) is 55.9. The molecule has 1 aliphatic rings. The number of nitrogens with one attached hydrogen (secondary N) is 2. The van der Waals surface area contributed by atoms with Crippen molar-refractivity contribution in [1.82, 2.24) is 15.5 Å². The molecule has 1 heterocycles. The third-order valence-electron chi connectivity index (χ3n) is 5.43. The predicted molar refractivity (Wildman–Crippen MR) is 137 cm³/mol. The zero-order valence-corrected chi connectivity index (χ0v) is 21.7. The van der Waals surface area contributed by atoms with Crippen LogP contribution in [0.25, 0.3) is 0 Å². The average Bonchev–Trinajstić information content (AvgIpc) is 3.32. The number of ether oxygens (including phenoxy) is 2. The molecule has 0 bridgehead atoms. The Kier molecular flexibility index (Phi) is 11.2. The summed E-state index contributed by atoms with van der Waals surface area (Å²) in [6.45, 7) is 5.55. The Morgan fingerprint density at radius 1 is 1.16 bits per heavy atom. The Hall–Kier alpha value is -3.83. The Morgan fingerprint density at radius 2 is 1.86 bits per heavy atom. The lowest BCUT2D eigenvalue weighted by Gasteiger charge is -2.26. The number of nitrogens with two attached hydrogens (primary N) is 2. The van der Waals surface area contributed by atoms with Gasteiger partial charge in [0.15, 0.2) is 5.96 Å². The van der Waals surface area contributed by atoms with Crippen molar-refractivity contribution in [3.05, 3.63) is 35.9 Å². The minimum absolute atomic E-state index is 0.0598. The van der Waals surface area contributed by atoms with Crippen LogP contribution in [0.1, 0.15) is 52.0 Å². The van der Waals surface area contributed by atoms with E-state index in [0.29, 0.717) is 25.8 Å². The Morgan fingerprint density at radius 3 is 2.51 bits per heavy atom. The molecule has 0 unspecified atom stereocenters. The first-order valence-corrected chi connectivity index (χ1v) is 12.3. The largest absolute Gasteiger partial charge is 0.459 e. The summed E-state index contributed by atoms with van der Waals surface area (Å²) in [5.74, 6) is -1.54. The van der Waals surface area contributed by atoms with Crippen LogP contribution in [0.5, 0.6) is 0 Å². The lowest BCUT2D eigenvalue weighted by Crippen LogP contribution is -2.52. The van der Waals surface area contributed by atoms with E-state index in [1.165, 1.54) is 4.90 Å². The Bertz CT molecular complexity index is 958. The van der Waals surface area contributed by atoms with Gasteiger partial charge in [-0.25, -0.2) is 9.59 Å². The van der Waals surface area contributed by atoms with Gasteiger partial charge in [0, 0.05) is 13.1 Å². The molecule has 37 heavy (non-hydrogen) atoms. The fraction of sp³-hybridized carbons (Fsp3) is 0.560. The first kappa shape index (κ1) is 29.4. The maximum absolute atomic E-state index is 13.1. The van der Waals surface area contributed by atoms with Crippen LogP contribution in [0.2, 0.25) is 0 Å². The van der Waals surface area contributed by atoms with Crippen molar-refractivity contribution in [1.29, 1.82) is 0 Å². The quantitative estimate of drug-likeness (QED) is 0.144. The van der Waals surface area contributed by atoms with Gasteiger partial charge in [-0.15, -0.1) is 0 Å². The van der Waals surface area contributed by atoms with E-state index in [4.69, 9.17) is 20.9 Å². The third kappa shape index (κ3) is 10.8. The van der Waals surface area contributed by atoms with E-state index in [2.05, 4.69) is 15.6 Å². The Balaban J connectivity index is 1.98. The number of nitrogens with zero attached hydrogens (tertiary/aromatic N) is 2. The van der Waals surface area contributed by atoms with Crippen LogP contribution in [-0.2, 0) is 30.5 Å². The molecular weight excluding hydrogens is 480 g/mol. The highest BCUT2D eigenvalue weighted by Crippen LogP contribution is 2.18. The molecule has 1 fully saturated rings. The molecule has 0 aliphatic carbocycles. The van der Waals surface area contributed by atoms with Crippen molar-refractivity contribution in [3.63, 3.8) is 0 Å². The number of carbonyl (C=O) groups is 4. The first-order chi connectivity index (χ1) is 17.5. The molecule has 0 spiro atoms. The molecule has 0 aromatic heterocycles. The van der Waals surface area contributed by atoms with Crippen molar-refractivity contribution < 1.29 is 28.7 Å². The zero-order valence-electron chi connectivity index (χ0n) is 21.7. The number of alkyl carbamates (subject to hydrolysis) is 1. The summed E-state index contributed by atoms with van der Waals surface area (Å²) in [6.07, 6.45) is 1.00. The van der Waals surface area contributed by atoms with Crippen molar-refractivity contribution in [2.24, 2.45) is 16.5 Å². The predicted octanol–water partition coefficient (Wildman–Crippen LogP) is 0.784. The Labute approximate surface area is 217 Å². The highest BCUT2D eigenvalue weighted by Gasteiger charge is 2.36. The lowest BCUT2D eigenvalue weighted by atomic mass is 10.1. The fourth-order valence-electron chi connectivity index (χ4n) is 3.75. The van der Waals surface area contributed by atoms with Crippen LogP contribution < -0.4 is 22.1 Å². The summed E-state index contributed by atoms with van der Waals surface area (Å²) in [7, 11) is 0. The second-order valence-corrected chi connectivity index (χ2v) is 9.70. The van der Waals surface area contributed by atoms with Crippen LogP contribution in [0, 0.1) is 0 Å². The number of hydrogen-bond donors (Lipinski definition) is 4. The number of benzene rings is 1. The van der Waals surface area contributed by atoms with Crippen molar-refractivity contribution in [3.8, 4) is 0 Å². The highest BCUT2D eigenvalue weighted by molar-refractivity contribution is 5.92. The molecule has 1 saturated heterocycles. The molecule has 6 N–H and O–H groups in total. The molecule has 3 amide bonds. The molecule has 12 nitrogen and oxygen atoms in total. The first-order valence-electron chi connectivity index (χ1n) is 12.3. The topological polar surface area (TPSA) is 178 Å². The zero-order chi connectivity index (χ0) is 27.4. The van der Waals surface area contributed by atoms with Crippen molar-refractivity contribution in [2.75, 3.05) is 19.6 Å². The molecule has 1 aromatic carbocycles. The molecule has 1 aromatic rings. The van der Waals surface area contributed by atoms with Gasteiger partial charge < -0.3 is 36.5 Å². The van der Waals surface area contributed by atoms with Crippen LogP contribution in [0.4, 0.5) is 4.79 Å². The van der Waals surface area contributed by atoms with Gasteiger partial charge >= 0.3 is 12.1 Å². The number of hydrogen-bond acceptors (Lipinski definition) is 7. The number of aliphatic imine (C=N–C) groups is 1. The van der Waals surface area contributed by atoms with Gasteiger partial charge in [0.05, 0.1) is 0 Å². The van der Waals surface area contributed by atoms with Crippen LogP contribution in [-0.4, -0.2) is 72.1 Å². The van der Waals surface area contributed by atoms with E-state index >= 15 is 0 Å². The second kappa shape index (κ2) is 14.0. The summed E-state index contributed by atoms with van der Waals surface area (Å²) in [5, 5.41) is 5.15. The van der Waals surface area contributed by atoms with Gasteiger partial charge in [-0.3, -0.25) is 14.6 Å². The SMILES string of the molecule is CC(C)(C)OC(=O)NCC(=O)N1CCC[C@H]1C(=O)N[C@@H](CCCN=C(N)N)C(=O)OCc1ccccc1. The fourth-order valence-corrected chi connectivity index (χ4v) is 3.75. The number of carbonyl (C=O) groups excluding carboxylic acids is 4. The van der Waals surface area contributed by atoms with Crippen molar-refractivity contribution in [2.45, 2.75) is 70.7 Å². The molecule has 0 radical (unpaired) electrons. The van der Waals surface area contributed by atoms with E-state index in [9.17, 15) is 19.2 Å². The molecule has 1 aliphatic heterocycles. The summed E-state index contributed by atoms with van der Waals surface area (Å²) in [6, 6.07) is 7.47. The summed E-state index contributed by atoms with van der Waals surface area (Å²) < 4.78 is 10.6. The molecule has 2 rings (SSSR count). The normalized spacial score (nSPS) is 15.9. The smallest absolute Gasteiger partial charge is 0.408 e. The molecular formula is C25H38N6O6. The van der Waals surface area contributed by atoms with Gasteiger partial charge in [0.2, 0.25) is 11.8 Å². The molecule has 0 saturated carbocycles. The van der Waals surface area contributed by atoms with Crippen molar-refractivity contribution >= 4 is 29.8 Å². The van der Waals surface area contributed by atoms with E-state index in [-0.39, 0.29) is 32.1 Å². The molecule has 2 atom stereocenters. The summed E-state index contributed by atoms with van der Waals surface area (Å²) in [5.41, 5.74) is 10.8.